The summed E-state index contributed by atoms with van der Waals surface area (Å²) in [5.74, 6) is 1.24. The van der Waals surface area contributed by atoms with E-state index in [0.29, 0.717) is 16.6 Å². The fraction of sp³-hybridized carbons (Fsp3) is 0.308. The summed E-state index contributed by atoms with van der Waals surface area (Å²) in [6.07, 6.45) is 0. The third kappa shape index (κ3) is 1.93. The van der Waals surface area contributed by atoms with Gasteiger partial charge in [0, 0.05) is 18.7 Å². The summed E-state index contributed by atoms with van der Waals surface area (Å²) in [6, 6.07) is 3.82. The van der Waals surface area contributed by atoms with Crippen LogP contribution in [0.3, 0.4) is 0 Å². The number of hydrogen-bond acceptors (Lipinski definition) is 3. The van der Waals surface area contributed by atoms with Crippen LogP contribution in [-0.2, 0) is 7.05 Å². The second-order valence-electron chi connectivity index (χ2n) is 4.29. The van der Waals surface area contributed by atoms with Crippen molar-refractivity contribution in [3.63, 3.8) is 0 Å². The van der Waals surface area contributed by atoms with Crippen molar-refractivity contribution in [2.45, 2.75) is 13.8 Å². The van der Waals surface area contributed by atoms with Crippen LogP contribution in [0.1, 0.15) is 11.1 Å². The highest BCUT2D eigenvalue weighted by Gasteiger charge is 2.17. The van der Waals surface area contributed by atoms with Gasteiger partial charge in [-0.05, 0) is 31.0 Å². The molecule has 4 nitrogen and oxygen atoms in total. The molecule has 2 aromatic rings. The fourth-order valence-corrected chi connectivity index (χ4v) is 2.18. The van der Waals surface area contributed by atoms with E-state index in [1.807, 2.05) is 26.0 Å². The van der Waals surface area contributed by atoms with E-state index in [1.165, 1.54) is 0 Å². The molecular formula is C13H16ClN3O. The predicted octanol–water partition coefficient (Wildman–Crippen LogP) is 2.95. The molecule has 1 aromatic carbocycles. The zero-order chi connectivity index (χ0) is 13.4. The number of halogens is 1. The SMILES string of the molecule is COc1c(-c2cc(N)n(C)n2)cc(C)c(C)c1Cl. The average molecular weight is 266 g/mol. The lowest BCUT2D eigenvalue weighted by molar-refractivity contribution is 0.416. The number of hydrogen-bond donors (Lipinski definition) is 1. The number of aromatic nitrogens is 2. The molecule has 0 atom stereocenters. The Hall–Kier alpha value is -1.68. The fourth-order valence-electron chi connectivity index (χ4n) is 1.86. The van der Waals surface area contributed by atoms with E-state index in [0.717, 1.165) is 22.4 Å². The van der Waals surface area contributed by atoms with Gasteiger partial charge in [0.1, 0.15) is 11.6 Å². The third-order valence-electron chi connectivity index (χ3n) is 3.12. The van der Waals surface area contributed by atoms with Gasteiger partial charge in [-0.2, -0.15) is 5.10 Å². The molecule has 1 heterocycles. The van der Waals surface area contributed by atoms with Crippen molar-refractivity contribution in [3.05, 3.63) is 28.3 Å². The van der Waals surface area contributed by atoms with Crippen molar-refractivity contribution >= 4 is 17.4 Å². The Labute approximate surface area is 111 Å². The van der Waals surface area contributed by atoms with E-state index in [-0.39, 0.29) is 0 Å². The van der Waals surface area contributed by atoms with Crippen molar-refractivity contribution in [2.75, 3.05) is 12.8 Å². The van der Waals surface area contributed by atoms with Gasteiger partial charge in [0.2, 0.25) is 0 Å². The van der Waals surface area contributed by atoms with Gasteiger partial charge in [0.25, 0.3) is 0 Å². The molecule has 1 aromatic heterocycles. The molecule has 2 rings (SSSR count). The summed E-state index contributed by atoms with van der Waals surface area (Å²) in [5.41, 5.74) is 9.53. The maximum Gasteiger partial charge on any atom is 0.147 e. The van der Waals surface area contributed by atoms with E-state index >= 15 is 0 Å². The van der Waals surface area contributed by atoms with E-state index in [2.05, 4.69) is 5.10 Å². The summed E-state index contributed by atoms with van der Waals surface area (Å²) in [7, 11) is 3.40. The van der Waals surface area contributed by atoms with Crippen LogP contribution >= 0.6 is 11.6 Å². The molecule has 0 bridgehead atoms. The highest BCUT2D eigenvalue weighted by molar-refractivity contribution is 6.33. The zero-order valence-electron chi connectivity index (χ0n) is 10.9. The molecule has 0 aliphatic carbocycles. The molecule has 18 heavy (non-hydrogen) atoms. The Morgan fingerprint density at radius 3 is 2.50 bits per heavy atom. The lowest BCUT2D eigenvalue weighted by Gasteiger charge is -2.13. The van der Waals surface area contributed by atoms with Crippen LogP contribution in [-0.4, -0.2) is 16.9 Å². The number of anilines is 1. The Balaban J connectivity index is 2.70. The number of ether oxygens (including phenoxy) is 1. The second-order valence-corrected chi connectivity index (χ2v) is 4.67. The van der Waals surface area contributed by atoms with Gasteiger partial charge < -0.3 is 10.5 Å². The Bertz CT molecular complexity index is 585. The standard InChI is InChI=1S/C13H16ClN3O/c1-7-5-9(10-6-11(15)17(3)16-10)13(18-4)12(14)8(7)2/h5-6H,15H2,1-4H3. The smallest absolute Gasteiger partial charge is 0.147 e. The maximum absolute atomic E-state index is 6.31. The van der Waals surface area contributed by atoms with Crippen molar-refractivity contribution in [1.29, 1.82) is 0 Å². The molecular weight excluding hydrogens is 250 g/mol. The van der Waals surface area contributed by atoms with Gasteiger partial charge in [-0.25, -0.2) is 0 Å². The summed E-state index contributed by atoms with van der Waals surface area (Å²) in [4.78, 5) is 0. The first-order valence-corrected chi connectivity index (χ1v) is 5.97. The molecule has 5 heteroatoms. The number of nitrogens with two attached hydrogens (primary N) is 1. The molecule has 0 saturated heterocycles. The van der Waals surface area contributed by atoms with Gasteiger partial charge in [-0.1, -0.05) is 11.6 Å². The lowest BCUT2D eigenvalue weighted by Crippen LogP contribution is -1.97. The van der Waals surface area contributed by atoms with Crippen LogP contribution in [0.4, 0.5) is 5.82 Å². The summed E-state index contributed by atoms with van der Waals surface area (Å²) < 4.78 is 7.02. The largest absolute Gasteiger partial charge is 0.494 e. The molecule has 2 N–H and O–H groups in total. The molecule has 0 aliphatic rings. The zero-order valence-corrected chi connectivity index (χ0v) is 11.7. The second kappa shape index (κ2) is 4.53. The Morgan fingerprint density at radius 1 is 1.33 bits per heavy atom. The third-order valence-corrected chi connectivity index (χ3v) is 3.58. The summed E-state index contributed by atoms with van der Waals surface area (Å²) in [5, 5.41) is 4.98. The first-order chi connectivity index (χ1) is 8.45. The number of benzene rings is 1. The average Bonchev–Trinajstić information content (AvgIpc) is 2.66. The molecule has 96 valence electrons. The minimum atomic E-state index is 0.599. The van der Waals surface area contributed by atoms with E-state index < -0.39 is 0 Å². The molecule has 0 aliphatic heterocycles. The summed E-state index contributed by atoms with van der Waals surface area (Å²) in [6.45, 7) is 3.98. The topological polar surface area (TPSA) is 53.1 Å². The lowest BCUT2D eigenvalue weighted by atomic mass is 10.0. The van der Waals surface area contributed by atoms with E-state index in [9.17, 15) is 0 Å². The van der Waals surface area contributed by atoms with Gasteiger partial charge in [-0.3, -0.25) is 4.68 Å². The Kier molecular flexibility index (Phi) is 3.22. The number of methoxy groups -OCH3 is 1. The molecule has 0 spiro atoms. The van der Waals surface area contributed by atoms with Crippen molar-refractivity contribution in [1.82, 2.24) is 9.78 Å². The minimum Gasteiger partial charge on any atom is -0.494 e. The Morgan fingerprint density at radius 2 is 2.00 bits per heavy atom. The van der Waals surface area contributed by atoms with Gasteiger partial charge >= 0.3 is 0 Å². The number of rotatable bonds is 2. The molecule has 0 radical (unpaired) electrons. The highest BCUT2D eigenvalue weighted by atomic mass is 35.5. The summed E-state index contributed by atoms with van der Waals surface area (Å²) >= 11 is 6.31. The minimum absolute atomic E-state index is 0.599. The van der Waals surface area contributed by atoms with Crippen LogP contribution in [0.5, 0.6) is 5.75 Å². The van der Waals surface area contributed by atoms with Crippen LogP contribution < -0.4 is 10.5 Å². The van der Waals surface area contributed by atoms with Crippen LogP contribution in [0, 0.1) is 13.8 Å². The maximum atomic E-state index is 6.31. The molecule has 0 fully saturated rings. The van der Waals surface area contributed by atoms with Crippen molar-refractivity contribution < 1.29 is 4.74 Å². The van der Waals surface area contributed by atoms with Crippen molar-refractivity contribution in [3.8, 4) is 17.0 Å². The van der Waals surface area contributed by atoms with Crippen LogP contribution in [0.2, 0.25) is 5.02 Å². The monoisotopic (exact) mass is 265 g/mol. The van der Waals surface area contributed by atoms with E-state index in [4.69, 9.17) is 22.1 Å². The molecule has 0 saturated carbocycles. The molecule has 0 amide bonds. The van der Waals surface area contributed by atoms with Gasteiger partial charge in [0.05, 0.1) is 17.8 Å². The molecule has 0 unspecified atom stereocenters. The van der Waals surface area contributed by atoms with Gasteiger partial charge in [-0.15, -0.1) is 0 Å². The highest BCUT2D eigenvalue weighted by Crippen LogP contribution is 2.39. The van der Waals surface area contributed by atoms with Crippen LogP contribution in [0.15, 0.2) is 12.1 Å². The number of aryl methyl sites for hydroxylation is 2. The number of nitrogen functional groups attached to an aromatic ring is 1. The number of nitrogens with zero attached hydrogens (tertiary/aromatic N) is 2. The van der Waals surface area contributed by atoms with E-state index in [1.54, 1.807) is 18.8 Å². The first kappa shape index (κ1) is 12.8. The van der Waals surface area contributed by atoms with Crippen molar-refractivity contribution in [2.24, 2.45) is 7.05 Å². The predicted molar refractivity (Wildman–Crippen MR) is 74.1 cm³/mol. The van der Waals surface area contributed by atoms with Gasteiger partial charge in [0.15, 0.2) is 0 Å². The first-order valence-electron chi connectivity index (χ1n) is 5.59. The van der Waals surface area contributed by atoms with Crippen LogP contribution in [0.25, 0.3) is 11.3 Å². The normalized spacial score (nSPS) is 10.7. The quantitative estimate of drug-likeness (QED) is 0.908.